The van der Waals surface area contributed by atoms with Crippen molar-refractivity contribution in [2.75, 3.05) is 50.5 Å². The second-order valence-electron chi connectivity index (χ2n) is 7.42. The first kappa shape index (κ1) is 22.0. The predicted octanol–water partition coefficient (Wildman–Crippen LogP) is 4.04. The highest BCUT2D eigenvalue weighted by molar-refractivity contribution is 6.01. The summed E-state index contributed by atoms with van der Waals surface area (Å²) in [5.74, 6) is -0.180. The Morgan fingerprint density at radius 2 is 1.89 bits per heavy atom. The molecule has 5 nitrogen and oxygen atoms in total. The van der Waals surface area contributed by atoms with Gasteiger partial charge in [-0.1, -0.05) is 33.1 Å². The van der Waals surface area contributed by atoms with Crippen molar-refractivity contribution in [2.45, 2.75) is 39.2 Å². The molecule has 1 atom stereocenters. The molecule has 154 valence electrons. The summed E-state index contributed by atoms with van der Waals surface area (Å²) < 4.78 is 0. The van der Waals surface area contributed by atoms with Gasteiger partial charge < -0.3 is 20.0 Å². The first-order valence-corrected chi connectivity index (χ1v) is 10.4. The number of hydrogen-bond donors (Lipinski definition) is 1. The number of carbonyl (C=O) groups excluding carboxylic acids is 1. The number of hydrogen-bond acceptors (Lipinski definition) is 4. The third kappa shape index (κ3) is 5.16. The first-order valence-electron chi connectivity index (χ1n) is 10.4. The van der Waals surface area contributed by atoms with Crippen molar-refractivity contribution in [2.24, 2.45) is 0 Å². The van der Waals surface area contributed by atoms with Crippen LogP contribution in [0.3, 0.4) is 0 Å². The highest BCUT2D eigenvalue weighted by atomic mass is 16.1. The van der Waals surface area contributed by atoms with Crippen molar-refractivity contribution in [3.05, 3.63) is 43.0 Å². The standard InChI is InChI=1S/C21H30N4O.C2H6/c1-5-21(26)22-19-9-8-17(16(2)24-11-6-7-12-24)14-20(19)25-13-10-18(15-25)23(3)4;1-2/h5,8-9,14,18H,1-2,6-7,10-13,15H2,3-4H3,(H,22,26);1-2H3. The van der Waals surface area contributed by atoms with Gasteiger partial charge in [0, 0.05) is 37.9 Å². The van der Waals surface area contributed by atoms with E-state index in [4.69, 9.17) is 0 Å². The van der Waals surface area contributed by atoms with Crippen LogP contribution < -0.4 is 10.2 Å². The summed E-state index contributed by atoms with van der Waals surface area (Å²) >= 11 is 0. The zero-order valence-electron chi connectivity index (χ0n) is 18.0. The van der Waals surface area contributed by atoms with Crippen LogP contribution >= 0.6 is 0 Å². The van der Waals surface area contributed by atoms with Crippen LogP contribution in [0.4, 0.5) is 11.4 Å². The average molecular weight is 385 g/mol. The number of nitrogens with one attached hydrogen (secondary N) is 1. The molecule has 1 unspecified atom stereocenters. The Bertz CT molecular complexity index is 692. The van der Waals surface area contributed by atoms with E-state index < -0.39 is 0 Å². The number of rotatable bonds is 6. The molecule has 1 aromatic carbocycles. The fraction of sp³-hybridized carbons (Fsp3) is 0.522. The van der Waals surface area contributed by atoms with Gasteiger partial charge in [-0.15, -0.1) is 0 Å². The lowest BCUT2D eigenvalue weighted by molar-refractivity contribution is -0.111. The smallest absolute Gasteiger partial charge is 0.247 e. The number of anilines is 2. The van der Waals surface area contributed by atoms with Crippen LogP contribution in [0.1, 0.15) is 38.7 Å². The highest BCUT2D eigenvalue weighted by Crippen LogP contribution is 2.34. The van der Waals surface area contributed by atoms with Gasteiger partial charge in [-0.2, -0.15) is 0 Å². The van der Waals surface area contributed by atoms with E-state index in [0.29, 0.717) is 6.04 Å². The quantitative estimate of drug-likeness (QED) is 0.751. The lowest BCUT2D eigenvalue weighted by Gasteiger charge is -2.26. The Morgan fingerprint density at radius 3 is 2.46 bits per heavy atom. The summed E-state index contributed by atoms with van der Waals surface area (Å²) in [6.45, 7) is 16.0. The van der Waals surface area contributed by atoms with Gasteiger partial charge in [0.25, 0.3) is 0 Å². The molecule has 0 aromatic heterocycles. The van der Waals surface area contributed by atoms with Gasteiger partial charge in [0.05, 0.1) is 11.4 Å². The predicted molar refractivity (Wildman–Crippen MR) is 121 cm³/mol. The number of likely N-dealkylation sites (N-methyl/N-ethyl adjacent to an activating group) is 1. The zero-order chi connectivity index (χ0) is 20.7. The van der Waals surface area contributed by atoms with Crippen molar-refractivity contribution >= 4 is 23.0 Å². The van der Waals surface area contributed by atoms with E-state index in [0.717, 1.165) is 55.2 Å². The molecule has 3 rings (SSSR count). The Labute approximate surface area is 170 Å². The van der Waals surface area contributed by atoms with Crippen LogP contribution in [0.5, 0.6) is 0 Å². The van der Waals surface area contributed by atoms with Crippen LogP contribution in [0.25, 0.3) is 5.70 Å². The van der Waals surface area contributed by atoms with E-state index in [9.17, 15) is 4.79 Å². The van der Waals surface area contributed by atoms with Gasteiger partial charge in [-0.05, 0) is 57.1 Å². The fourth-order valence-electron chi connectivity index (χ4n) is 3.81. The van der Waals surface area contributed by atoms with Gasteiger partial charge >= 0.3 is 0 Å². The minimum absolute atomic E-state index is 0.180. The monoisotopic (exact) mass is 384 g/mol. The van der Waals surface area contributed by atoms with Crippen molar-refractivity contribution in [1.29, 1.82) is 0 Å². The molecule has 1 aromatic rings. The molecule has 1 N–H and O–H groups in total. The zero-order valence-corrected chi connectivity index (χ0v) is 18.0. The van der Waals surface area contributed by atoms with Crippen LogP contribution in [0, 0.1) is 0 Å². The van der Waals surface area contributed by atoms with Gasteiger partial charge in [0.2, 0.25) is 5.91 Å². The van der Waals surface area contributed by atoms with E-state index in [1.807, 2.05) is 19.9 Å². The SMILES string of the molecule is C=CC(=O)Nc1ccc(C(=C)N2CCCC2)cc1N1CCC(N(C)C)C1.CC. The summed E-state index contributed by atoms with van der Waals surface area (Å²) in [6, 6.07) is 6.76. The summed E-state index contributed by atoms with van der Waals surface area (Å²) in [5, 5.41) is 2.96. The second-order valence-corrected chi connectivity index (χ2v) is 7.42. The Kier molecular flexibility index (Phi) is 8.12. The van der Waals surface area contributed by atoms with Gasteiger partial charge in [0.1, 0.15) is 0 Å². The van der Waals surface area contributed by atoms with Crippen LogP contribution in [0.15, 0.2) is 37.4 Å². The van der Waals surface area contributed by atoms with E-state index in [-0.39, 0.29) is 5.91 Å². The number of benzene rings is 1. The molecule has 5 heteroatoms. The molecule has 28 heavy (non-hydrogen) atoms. The van der Waals surface area contributed by atoms with Crippen molar-refractivity contribution in [3.8, 4) is 0 Å². The molecule has 0 spiro atoms. The highest BCUT2D eigenvalue weighted by Gasteiger charge is 2.26. The molecule has 2 aliphatic heterocycles. The number of nitrogens with zero attached hydrogens (tertiary/aromatic N) is 3. The van der Waals surface area contributed by atoms with Crippen molar-refractivity contribution in [1.82, 2.24) is 9.80 Å². The molecule has 2 aliphatic rings. The van der Waals surface area contributed by atoms with Crippen molar-refractivity contribution in [3.63, 3.8) is 0 Å². The summed E-state index contributed by atoms with van der Waals surface area (Å²) in [5.41, 5.74) is 4.12. The summed E-state index contributed by atoms with van der Waals surface area (Å²) in [6.07, 6.45) is 4.90. The maximum atomic E-state index is 11.9. The number of amides is 1. The first-order chi connectivity index (χ1) is 13.5. The van der Waals surface area contributed by atoms with Gasteiger partial charge in [-0.3, -0.25) is 4.79 Å². The molecule has 2 saturated heterocycles. The normalized spacial score (nSPS) is 18.7. The molecule has 0 aliphatic carbocycles. The Morgan fingerprint density at radius 1 is 1.21 bits per heavy atom. The molecule has 2 heterocycles. The van der Waals surface area contributed by atoms with E-state index >= 15 is 0 Å². The van der Waals surface area contributed by atoms with E-state index in [1.165, 1.54) is 18.9 Å². The largest absolute Gasteiger partial charge is 0.372 e. The molecule has 0 radical (unpaired) electrons. The minimum Gasteiger partial charge on any atom is -0.372 e. The minimum atomic E-state index is -0.180. The Hall–Kier alpha value is -2.27. The molecule has 1 amide bonds. The van der Waals surface area contributed by atoms with Gasteiger partial charge in [0.15, 0.2) is 0 Å². The topological polar surface area (TPSA) is 38.8 Å². The molecule has 2 fully saturated rings. The van der Waals surface area contributed by atoms with E-state index in [2.05, 4.69) is 59.4 Å². The van der Waals surface area contributed by atoms with Gasteiger partial charge in [-0.25, -0.2) is 0 Å². The molecular weight excluding hydrogens is 348 g/mol. The number of carbonyl (C=O) groups is 1. The lowest BCUT2D eigenvalue weighted by atomic mass is 10.1. The van der Waals surface area contributed by atoms with Crippen LogP contribution in [-0.2, 0) is 4.79 Å². The number of likely N-dealkylation sites (tertiary alicyclic amines) is 1. The fourth-order valence-corrected chi connectivity index (χ4v) is 3.81. The lowest BCUT2D eigenvalue weighted by Crippen LogP contribution is -2.31. The summed E-state index contributed by atoms with van der Waals surface area (Å²) in [4.78, 5) is 18.9. The third-order valence-corrected chi connectivity index (χ3v) is 5.50. The van der Waals surface area contributed by atoms with Crippen LogP contribution in [0.2, 0.25) is 0 Å². The Balaban J connectivity index is 0.00000136. The molecular formula is C23H36N4O. The maximum Gasteiger partial charge on any atom is 0.247 e. The van der Waals surface area contributed by atoms with Crippen LogP contribution in [-0.4, -0.2) is 62.0 Å². The molecule has 0 saturated carbocycles. The third-order valence-electron chi connectivity index (χ3n) is 5.50. The maximum absolute atomic E-state index is 11.9. The summed E-state index contributed by atoms with van der Waals surface area (Å²) in [7, 11) is 4.25. The molecule has 0 bridgehead atoms. The second kappa shape index (κ2) is 10.3. The van der Waals surface area contributed by atoms with E-state index in [1.54, 1.807) is 0 Å². The van der Waals surface area contributed by atoms with Crippen molar-refractivity contribution < 1.29 is 4.79 Å². The average Bonchev–Trinajstić information content (AvgIpc) is 3.41.